The number of benzene rings is 1. The third-order valence-electron chi connectivity index (χ3n) is 1.78. The van der Waals surface area contributed by atoms with Crippen LogP contribution < -0.4 is 14.2 Å². The Bertz CT molecular complexity index is 348. The SMILES string of the molecule is [C-]#[N+]c1cc(OC)c(OC)c(OC)c1.[Tc]. The molecule has 0 fully saturated rings. The summed E-state index contributed by atoms with van der Waals surface area (Å²) in [6, 6.07) is 3.21. The molecule has 0 heterocycles. The van der Waals surface area contributed by atoms with Crippen LogP contribution in [0.3, 0.4) is 0 Å². The standard InChI is InChI=1S/C10H11NO3.Tc/c1-11-7-5-8(12-2)10(14-4)9(6-7)13-3;/h5-6H,2-4H3;. The van der Waals surface area contributed by atoms with Crippen molar-refractivity contribution in [2.24, 2.45) is 0 Å². The summed E-state index contributed by atoms with van der Waals surface area (Å²) < 4.78 is 15.3. The van der Waals surface area contributed by atoms with Crippen LogP contribution in [0.2, 0.25) is 0 Å². The van der Waals surface area contributed by atoms with Gasteiger partial charge in [-0.2, -0.15) is 0 Å². The molecule has 1 rings (SSSR count). The Morgan fingerprint density at radius 3 is 1.73 bits per heavy atom. The molecule has 0 amide bonds. The normalized spacial score (nSPS) is 8.40. The molecule has 0 aliphatic carbocycles. The maximum Gasteiger partial charge on any atom is 0.200 e. The van der Waals surface area contributed by atoms with Gasteiger partial charge in [-0.05, 0) is 12.1 Å². The summed E-state index contributed by atoms with van der Waals surface area (Å²) in [6.07, 6.45) is 0. The first-order chi connectivity index (χ1) is 6.76. The second-order valence-corrected chi connectivity index (χ2v) is 2.50. The van der Waals surface area contributed by atoms with Gasteiger partial charge < -0.3 is 14.2 Å². The number of hydrogen-bond acceptors (Lipinski definition) is 3. The van der Waals surface area contributed by atoms with Gasteiger partial charge >= 0.3 is 0 Å². The summed E-state index contributed by atoms with van der Waals surface area (Å²) in [5.41, 5.74) is 0.458. The second kappa shape index (κ2) is 6.28. The Kier molecular flexibility index (Phi) is 5.76. The third-order valence-corrected chi connectivity index (χ3v) is 1.78. The van der Waals surface area contributed by atoms with Crippen molar-refractivity contribution >= 4 is 5.69 Å². The Balaban J connectivity index is 0.00000196. The molecule has 0 atom stereocenters. The van der Waals surface area contributed by atoms with E-state index in [1.165, 1.54) is 21.3 Å². The molecule has 1 radical (unpaired) electrons. The number of methoxy groups -OCH3 is 3. The maximum atomic E-state index is 6.89. The minimum absolute atomic E-state index is 0. The predicted octanol–water partition coefficient (Wildman–Crippen LogP) is 2.26. The largest absolute Gasteiger partial charge is 0.494 e. The molecule has 81 valence electrons. The molecule has 4 nitrogen and oxygen atoms in total. The van der Waals surface area contributed by atoms with Gasteiger partial charge in [0, 0.05) is 20.1 Å². The van der Waals surface area contributed by atoms with Crippen LogP contribution in [0.4, 0.5) is 5.69 Å². The molecule has 0 N–H and O–H groups in total. The first kappa shape index (κ1) is 13.8. The number of hydrogen-bond donors (Lipinski definition) is 0. The molecule has 1 aromatic carbocycles. The maximum absolute atomic E-state index is 6.89. The van der Waals surface area contributed by atoms with Gasteiger partial charge in [0.15, 0.2) is 17.2 Å². The molecule has 15 heavy (non-hydrogen) atoms. The summed E-state index contributed by atoms with van der Waals surface area (Å²) in [7, 11) is 4.56. The monoisotopic (exact) mass is 290 g/mol. The molecule has 0 aromatic heterocycles. The van der Waals surface area contributed by atoms with Crippen LogP contribution in [0.25, 0.3) is 4.85 Å². The predicted molar refractivity (Wildman–Crippen MR) is 52.4 cm³/mol. The van der Waals surface area contributed by atoms with Crippen LogP contribution >= 0.6 is 0 Å². The van der Waals surface area contributed by atoms with E-state index in [-0.39, 0.29) is 20.1 Å². The molecule has 0 saturated heterocycles. The van der Waals surface area contributed by atoms with E-state index in [4.69, 9.17) is 20.8 Å². The van der Waals surface area contributed by atoms with Gasteiger partial charge in [-0.15, -0.1) is 0 Å². The fourth-order valence-electron chi connectivity index (χ4n) is 1.13. The van der Waals surface area contributed by atoms with E-state index < -0.39 is 0 Å². The summed E-state index contributed by atoms with van der Waals surface area (Å²) in [6.45, 7) is 6.89. The number of ether oxygens (including phenoxy) is 3. The Morgan fingerprint density at radius 1 is 1.00 bits per heavy atom. The van der Waals surface area contributed by atoms with E-state index in [2.05, 4.69) is 4.85 Å². The van der Waals surface area contributed by atoms with E-state index in [1.54, 1.807) is 12.1 Å². The molecular weight excluding hydrogens is 280 g/mol. The molecule has 0 saturated carbocycles. The molecule has 0 bridgehead atoms. The van der Waals surface area contributed by atoms with Gasteiger partial charge in [0.2, 0.25) is 5.75 Å². The van der Waals surface area contributed by atoms with Gasteiger partial charge in [-0.3, -0.25) is 0 Å². The molecule has 5 heteroatoms. The van der Waals surface area contributed by atoms with Crippen molar-refractivity contribution in [3.05, 3.63) is 23.5 Å². The van der Waals surface area contributed by atoms with Crippen molar-refractivity contribution < 1.29 is 34.3 Å². The smallest absolute Gasteiger partial charge is 0.200 e. The minimum atomic E-state index is 0. The summed E-state index contributed by atoms with van der Waals surface area (Å²) >= 11 is 0. The topological polar surface area (TPSA) is 32.0 Å². The molecular formula is C10H11NO3Tc. The van der Waals surface area contributed by atoms with Gasteiger partial charge in [-0.25, -0.2) is 4.85 Å². The zero-order valence-corrected chi connectivity index (χ0v) is 10.6. The summed E-state index contributed by atoms with van der Waals surface area (Å²) in [5, 5.41) is 0. The minimum Gasteiger partial charge on any atom is -0.494 e. The van der Waals surface area contributed by atoms with E-state index in [9.17, 15) is 0 Å². The Morgan fingerprint density at radius 2 is 1.47 bits per heavy atom. The number of rotatable bonds is 3. The van der Waals surface area contributed by atoms with Crippen LogP contribution in [0.15, 0.2) is 12.1 Å². The van der Waals surface area contributed by atoms with Crippen LogP contribution in [0, 0.1) is 6.57 Å². The molecule has 0 spiro atoms. The Hall–Kier alpha value is -1.24. The van der Waals surface area contributed by atoms with Crippen molar-refractivity contribution in [1.29, 1.82) is 0 Å². The van der Waals surface area contributed by atoms with Gasteiger partial charge in [0.05, 0.1) is 27.9 Å². The first-order valence-corrected chi connectivity index (χ1v) is 3.94. The zero-order valence-electron chi connectivity index (χ0n) is 8.70. The average molecular weight is 291 g/mol. The summed E-state index contributed by atoms with van der Waals surface area (Å²) in [5.74, 6) is 1.50. The Labute approximate surface area is 102 Å². The van der Waals surface area contributed by atoms with E-state index in [1.807, 2.05) is 0 Å². The molecule has 0 unspecified atom stereocenters. The summed E-state index contributed by atoms with van der Waals surface area (Å²) in [4.78, 5) is 3.30. The van der Waals surface area contributed by atoms with Gasteiger partial charge in [0.25, 0.3) is 0 Å². The van der Waals surface area contributed by atoms with Crippen molar-refractivity contribution in [3.63, 3.8) is 0 Å². The fourth-order valence-corrected chi connectivity index (χ4v) is 1.13. The van der Waals surface area contributed by atoms with E-state index >= 15 is 0 Å². The molecule has 1 aromatic rings. The van der Waals surface area contributed by atoms with Gasteiger partial charge in [0.1, 0.15) is 0 Å². The van der Waals surface area contributed by atoms with Crippen molar-refractivity contribution in [2.75, 3.05) is 21.3 Å². The third kappa shape index (κ3) is 2.85. The fraction of sp³-hybridized carbons (Fsp3) is 0.300. The first-order valence-electron chi connectivity index (χ1n) is 3.94. The van der Waals surface area contributed by atoms with Crippen LogP contribution in [0.5, 0.6) is 17.2 Å². The van der Waals surface area contributed by atoms with Crippen LogP contribution in [-0.2, 0) is 20.1 Å². The van der Waals surface area contributed by atoms with Crippen LogP contribution in [-0.4, -0.2) is 21.3 Å². The van der Waals surface area contributed by atoms with Crippen LogP contribution in [0.1, 0.15) is 0 Å². The van der Waals surface area contributed by atoms with E-state index in [0.29, 0.717) is 22.9 Å². The van der Waals surface area contributed by atoms with Crippen molar-refractivity contribution in [1.82, 2.24) is 0 Å². The quantitative estimate of drug-likeness (QED) is 0.801. The van der Waals surface area contributed by atoms with Gasteiger partial charge in [-0.1, -0.05) is 0 Å². The van der Waals surface area contributed by atoms with Crippen molar-refractivity contribution in [3.8, 4) is 17.2 Å². The zero-order chi connectivity index (χ0) is 10.6. The van der Waals surface area contributed by atoms with Crippen molar-refractivity contribution in [2.45, 2.75) is 0 Å². The average Bonchev–Trinajstić information content (AvgIpc) is 2.26. The molecule has 0 aliphatic heterocycles. The van der Waals surface area contributed by atoms with E-state index in [0.717, 1.165) is 0 Å². The number of nitrogens with zero attached hydrogens (tertiary/aromatic N) is 1. The molecule has 0 aliphatic rings. The second-order valence-electron chi connectivity index (χ2n) is 2.50.